The van der Waals surface area contributed by atoms with Crippen LogP contribution in [0.25, 0.3) is 0 Å². The van der Waals surface area contributed by atoms with Crippen LogP contribution in [0.4, 0.5) is 4.79 Å². The number of ether oxygens (including phenoxy) is 2. The second kappa shape index (κ2) is 11.2. The molecule has 0 aromatic heterocycles. The second-order valence-electron chi connectivity index (χ2n) is 10.8. The van der Waals surface area contributed by atoms with Crippen molar-refractivity contribution in [3.8, 4) is 0 Å². The molecule has 0 radical (unpaired) electrons. The van der Waals surface area contributed by atoms with Crippen LogP contribution in [0.3, 0.4) is 0 Å². The lowest BCUT2D eigenvalue weighted by Crippen LogP contribution is -2.70. The molecule has 0 aromatic carbocycles. The van der Waals surface area contributed by atoms with Crippen molar-refractivity contribution < 1.29 is 28.3 Å². The Hall–Kier alpha value is -1.97. The number of carbonyl (C=O) groups excluding carboxylic acids is 3. The van der Waals surface area contributed by atoms with E-state index in [1.54, 1.807) is 18.9 Å². The number of nitrogens with zero attached hydrogens (tertiary/aromatic N) is 1. The Morgan fingerprint density at radius 2 is 1.91 bits per heavy atom. The first kappa shape index (κ1) is 28.3. The zero-order chi connectivity index (χ0) is 25.8. The van der Waals surface area contributed by atoms with Gasteiger partial charge in [-0.3, -0.25) is 14.5 Å². The molecule has 2 rings (SSSR count). The molecular formula is C25H42N2O6Si. The molecule has 5 atom stereocenters. The zero-order valence-electron chi connectivity index (χ0n) is 22.0. The Balaban J connectivity index is 2.16. The molecule has 9 heteroatoms. The molecule has 0 aromatic rings. The smallest absolute Gasteiger partial charge is 0.410 e. The van der Waals surface area contributed by atoms with E-state index < -0.39 is 26.7 Å². The summed E-state index contributed by atoms with van der Waals surface area (Å²) in [6.45, 7) is 18.3. The first-order valence-electron chi connectivity index (χ1n) is 12.0. The summed E-state index contributed by atoms with van der Waals surface area (Å²) in [4.78, 5) is 39.8. The van der Waals surface area contributed by atoms with E-state index in [1.807, 2.05) is 13.0 Å². The summed E-state index contributed by atoms with van der Waals surface area (Å²) < 4.78 is 17.1. The molecule has 0 bridgehead atoms. The predicted molar refractivity (Wildman–Crippen MR) is 134 cm³/mol. The topological polar surface area (TPSA) is 94.2 Å². The van der Waals surface area contributed by atoms with Crippen LogP contribution in [0.5, 0.6) is 0 Å². The van der Waals surface area contributed by atoms with Crippen molar-refractivity contribution >= 4 is 26.8 Å². The molecule has 2 heterocycles. The van der Waals surface area contributed by atoms with Gasteiger partial charge in [0, 0.05) is 13.5 Å². The van der Waals surface area contributed by atoms with E-state index >= 15 is 0 Å². The van der Waals surface area contributed by atoms with Crippen molar-refractivity contribution in [3.05, 3.63) is 24.3 Å². The van der Waals surface area contributed by atoms with Gasteiger partial charge >= 0.3 is 6.09 Å². The van der Waals surface area contributed by atoms with Crippen LogP contribution < -0.4 is 5.32 Å². The molecule has 1 N–H and O–H groups in total. The average Bonchev–Trinajstić information content (AvgIpc) is 3.12. The van der Waals surface area contributed by atoms with Gasteiger partial charge in [-0.05, 0) is 44.4 Å². The minimum atomic E-state index is -1.44. The molecule has 34 heavy (non-hydrogen) atoms. The largest absolute Gasteiger partial charge is 0.445 e. The van der Waals surface area contributed by atoms with Gasteiger partial charge in [0.25, 0.3) is 0 Å². The third-order valence-corrected chi connectivity index (χ3v) is 8.02. The summed E-state index contributed by atoms with van der Waals surface area (Å²) in [5.41, 5.74) is -0.384. The number of carbonyl (C=O) groups is 3. The number of allylic oxidation sites excluding steroid dienone is 1. The highest BCUT2D eigenvalue weighted by atomic mass is 28.3. The van der Waals surface area contributed by atoms with E-state index in [0.717, 1.165) is 0 Å². The molecule has 2 aliphatic heterocycles. The van der Waals surface area contributed by atoms with E-state index in [-0.39, 0.29) is 48.3 Å². The SMILES string of the molecule is C=CCOC(=O)N1C[C@H](OC)C[C@H]1/C=C(\C)C(=O)C[C@H]1NC(=O)[C@@H]1[C@@](C)(O[SiH](C)C)C(C)(C)C. The lowest BCUT2D eigenvalue weighted by molar-refractivity contribution is -0.160. The Kier molecular flexibility index (Phi) is 9.29. The maximum absolute atomic E-state index is 13.2. The van der Waals surface area contributed by atoms with Crippen LogP contribution in [0.2, 0.25) is 13.1 Å². The summed E-state index contributed by atoms with van der Waals surface area (Å²) in [5.74, 6) is -0.524. The van der Waals surface area contributed by atoms with Crippen LogP contribution in [0.1, 0.15) is 47.5 Å². The van der Waals surface area contributed by atoms with Gasteiger partial charge in [-0.25, -0.2) is 4.79 Å². The summed E-state index contributed by atoms with van der Waals surface area (Å²) in [6, 6.07) is -0.586. The molecule has 0 aliphatic carbocycles. The molecule has 192 valence electrons. The lowest BCUT2D eigenvalue weighted by atomic mass is 9.63. The van der Waals surface area contributed by atoms with Crippen LogP contribution in [-0.2, 0) is 23.5 Å². The van der Waals surface area contributed by atoms with Crippen LogP contribution in [-0.4, -0.2) is 75.8 Å². The minimum Gasteiger partial charge on any atom is -0.445 e. The van der Waals surface area contributed by atoms with Gasteiger partial charge in [-0.2, -0.15) is 0 Å². The molecule has 2 fully saturated rings. The second-order valence-corrected chi connectivity index (χ2v) is 13.1. The molecule has 2 saturated heterocycles. The molecule has 0 unspecified atom stereocenters. The number of hydrogen-bond acceptors (Lipinski definition) is 6. The summed E-state index contributed by atoms with van der Waals surface area (Å²) in [5, 5.41) is 2.92. The lowest BCUT2D eigenvalue weighted by Gasteiger charge is -2.54. The number of ketones is 1. The van der Waals surface area contributed by atoms with Gasteiger partial charge in [-0.1, -0.05) is 39.5 Å². The summed E-state index contributed by atoms with van der Waals surface area (Å²) in [7, 11) is 0.166. The van der Waals surface area contributed by atoms with Gasteiger partial charge in [-0.15, -0.1) is 0 Å². The molecule has 2 aliphatic rings. The first-order valence-corrected chi connectivity index (χ1v) is 14.8. The highest BCUT2D eigenvalue weighted by Crippen LogP contribution is 2.45. The molecule has 0 saturated carbocycles. The first-order chi connectivity index (χ1) is 15.7. The summed E-state index contributed by atoms with van der Waals surface area (Å²) >= 11 is 0. The number of nitrogens with one attached hydrogen (secondary N) is 1. The Morgan fingerprint density at radius 3 is 2.41 bits per heavy atom. The molecule has 2 amide bonds. The minimum absolute atomic E-state index is 0.0617. The van der Waals surface area contributed by atoms with E-state index in [9.17, 15) is 14.4 Å². The van der Waals surface area contributed by atoms with E-state index in [4.69, 9.17) is 13.9 Å². The van der Waals surface area contributed by atoms with Crippen molar-refractivity contribution in [2.45, 2.75) is 84.3 Å². The van der Waals surface area contributed by atoms with Crippen molar-refractivity contribution in [3.63, 3.8) is 0 Å². The molecule has 0 spiro atoms. The maximum atomic E-state index is 13.2. The van der Waals surface area contributed by atoms with E-state index in [0.29, 0.717) is 18.5 Å². The number of likely N-dealkylation sites (tertiary alicyclic amines) is 1. The van der Waals surface area contributed by atoms with Gasteiger partial charge in [0.05, 0.1) is 36.3 Å². The molecular weight excluding hydrogens is 452 g/mol. The van der Waals surface area contributed by atoms with Crippen LogP contribution in [0, 0.1) is 11.3 Å². The Labute approximate surface area is 205 Å². The van der Waals surface area contributed by atoms with E-state index in [1.165, 1.54) is 6.08 Å². The van der Waals surface area contributed by atoms with Crippen molar-refractivity contribution in [2.75, 3.05) is 20.3 Å². The Morgan fingerprint density at radius 1 is 1.26 bits per heavy atom. The van der Waals surface area contributed by atoms with Crippen LogP contribution in [0.15, 0.2) is 24.3 Å². The third-order valence-electron chi connectivity index (χ3n) is 7.06. The van der Waals surface area contributed by atoms with Gasteiger partial charge < -0.3 is 19.2 Å². The van der Waals surface area contributed by atoms with Crippen molar-refractivity contribution in [2.24, 2.45) is 11.3 Å². The number of hydrogen-bond donors (Lipinski definition) is 1. The maximum Gasteiger partial charge on any atom is 0.410 e. The van der Waals surface area contributed by atoms with Crippen LogP contribution >= 0.6 is 0 Å². The third kappa shape index (κ3) is 6.17. The summed E-state index contributed by atoms with van der Waals surface area (Å²) in [6.07, 6.45) is 3.52. The molecule has 8 nitrogen and oxygen atoms in total. The van der Waals surface area contributed by atoms with Crippen molar-refractivity contribution in [1.29, 1.82) is 0 Å². The number of amides is 2. The number of methoxy groups -OCH3 is 1. The predicted octanol–water partition coefficient (Wildman–Crippen LogP) is 3.22. The fourth-order valence-corrected chi connectivity index (χ4v) is 6.25. The highest BCUT2D eigenvalue weighted by Gasteiger charge is 2.57. The fraction of sp³-hybridized carbons (Fsp3) is 0.720. The van der Waals surface area contributed by atoms with Crippen molar-refractivity contribution in [1.82, 2.24) is 10.2 Å². The standard InChI is InChI=1S/C25H42N2O6Si/c1-10-11-32-23(30)27-15-18(31-7)13-17(27)12-16(2)20(28)14-19-21(22(29)26-19)25(6,24(3,4)5)33-34(8)9/h10,12,17-19,21,34H,1,11,13-15H2,2-9H3,(H,26,29)/b16-12+/t17-,18-,19-,21-,25-/m1/s1. The van der Waals surface area contributed by atoms with Gasteiger partial charge in [0.2, 0.25) is 5.91 Å². The number of β-lactam (4-membered cyclic amide) rings is 1. The average molecular weight is 495 g/mol. The monoisotopic (exact) mass is 494 g/mol. The fourth-order valence-electron chi connectivity index (χ4n) is 4.77. The zero-order valence-corrected chi connectivity index (χ0v) is 23.1. The van der Waals surface area contributed by atoms with E-state index in [2.05, 4.69) is 45.8 Å². The number of rotatable bonds is 10. The van der Waals surface area contributed by atoms with Gasteiger partial charge in [0.1, 0.15) is 6.61 Å². The Bertz CT molecular complexity index is 821. The van der Waals surface area contributed by atoms with Gasteiger partial charge in [0.15, 0.2) is 14.8 Å². The quantitative estimate of drug-likeness (QED) is 0.217. The highest BCUT2D eigenvalue weighted by molar-refractivity contribution is 6.48. The number of Topliss-reactive ketones (excluding diaryl/α,β-unsaturated/α-hetero) is 1. The normalized spacial score (nSPS) is 27.1.